The highest BCUT2D eigenvalue weighted by Gasteiger charge is 2.10. The molecular weight excluding hydrogens is 286 g/mol. The minimum Gasteiger partial charge on any atom is -0.355 e. The lowest BCUT2D eigenvalue weighted by molar-refractivity contribution is -0.122. The van der Waals surface area contributed by atoms with E-state index in [9.17, 15) is 4.79 Å². The first kappa shape index (κ1) is 19.9. The Morgan fingerprint density at radius 2 is 1.90 bits per heavy atom. The third-order valence-corrected chi connectivity index (χ3v) is 3.08. The van der Waals surface area contributed by atoms with Crippen LogP contribution in [0, 0.1) is 5.92 Å². The summed E-state index contributed by atoms with van der Waals surface area (Å²) in [7, 11) is 0. The highest BCUT2D eigenvalue weighted by Crippen LogP contribution is 2.01. The fraction of sp³-hybridized carbons (Fsp3) is 0.562. The fourth-order valence-corrected chi connectivity index (χ4v) is 1.96. The minimum atomic E-state index is 0. The topological polar surface area (TPSA) is 58.4 Å². The number of halogens is 1. The number of amides is 1. The molecule has 5 heteroatoms. The zero-order valence-electron chi connectivity index (χ0n) is 13.0. The zero-order chi connectivity index (χ0) is 14.8. The maximum atomic E-state index is 11.9. The van der Waals surface area contributed by atoms with Crippen molar-refractivity contribution in [3.63, 3.8) is 0 Å². The molecule has 0 aromatic heterocycles. The molecule has 0 unspecified atom stereocenters. The summed E-state index contributed by atoms with van der Waals surface area (Å²) in [6.07, 6.45) is 0.943. The zero-order valence-corrected chi connectivity index (χ0v) is 13.9. The minimum absolute atomic E-state index is 0. The first-order valence-corrected chi connectivity index (χ1v) is 7.35. The van der Waals surface area contributed by atoms with Gasteiger partial charge in [-0.2, -0.15) is 0 Å². The molecule has 0 fully saturated rings. The molecule has 1 amide bonds. The number of nitrogens with zero attached hydrogens (tertiary/aromatic N) is 1. The van der Waals surface area contributed by atoms with E-state index in [0.29, 0.717) is 19.0 Å². The second kappa shape index (κ2) is 11.5. The third-order valence-electron chi connectivity index (χ3n) is 3.08. The van der Waals surface area contributed by atoms with Gasteiger partial charge in [0.15, 0.2) is 0 Å². The Morgan fingerprint density at radius 3 is 2.48 bits per heavy atom. The lowest BCUT2D eigenvalue weighted by Gasteiger charge is -2.21. The van der Waals surface area contributed by atoms with Crippen LogP contribution in [0.4, 0.5) is 0 Å². The Hall–Kier alpha value is -1.10. The van der Waals surface area contributed by atoms with Crippen molar-refractivity contribution in [2.24, 2.45) is 11.7 Å². The van der Waals surface area contributed by atoms with Crippen molar-refractivity contribution in [1.29, 1.82) is 0 Å². The first-order chi connectivity index (χ1) is 9.61. The molecule has 0 saturated carbocycles. The van der Waals surface area contributed by atoms with Gasteiger partial charge in [0.25, 0.3) is 0 Å². The van der Waals surface area contributed by atoms with E-state index in [4.69, 9.17) is 5.73 Å². The van der Waals surface area contributed by atoms with Gasteiger partial charge in [-0.3, -0.25) is 9.69 Å². The summed E-state index contributed by atoms with van der Waals surface area (Å²) in [5.74, 6) is 0.562. The molecule has 0 saturated heterocycles. The van der Waals surface area contributed by atoms with Crippen LogP contribution >= 0.6 is 12.4 Å². The molecule has 1 aromatic rings. The van der Waals surface area contributed by atoms with Crippen molar-refractivity contribution in [2.45, 2.75) is 20.3 Å². The molecule has 0 heterocycles. The molecule has 3 N–H and O–H groups in total. The summed E-state index contributed by atoms with van der Waals surface area (Å²) >= 11 is 0. The summed E-state index contributed by atoms with van der Waals surface area (Å²) in [5, 5.41) is 2.95. The lowest BCUT2D eigenvalue weighted by Crippen LogP contribution is -2.41. The van der Waals surface area contributed by atoms with E-state index < -0.39 is 0 Å². The van der Waals surface area contributed by atoms with Crippen LogP contribution in [0.3, 0.4) is 0 Å². The number of carbonyl (C=O) groups is 1. The highest BCUT2D eigenvalue weighted by atomic mass is 35.5. The van der Waals surface area contributed by atoms with Gasteiger partial charge in [0.2, 0.25) is 5.91 Å². The van der Waals surface area contributed by atoms with Gasteiger partial charge in [-0.25, -0.2) is 0 Å². The van der Waals surface area contributed by atoms with Crippen LogP contribution in [0.15, 0.2) is 30.3 Å². The Bertz CT molecular complexity index is 384. The van der Waals surface area contributed by atoms with Crippen molar-refractivity contribution in [2.75, 3.05) is 32.7 Å². The third kappa shape index (κ3) is 9.45. The van der Waals surface area contributed by atoms with E-state index >= 15 is 0 Å². The van der Waals surface area contributed by atoms with E-state index in [-0.39, 0.29) is 18.3 Å². The predicted molar refractivity (Wildman–Crippen MR) is 90.7 cm³/mol. The van der Waals surface area contributed by atoms with Crippen LogP contribution in [-0.4, -0.2) is 43.5 Å². The fourth-order valence-electron chi connectivity index (χ4n) is 1.96. The van der Waals surface area contributed by atoms with Gasteiger partial charge in [-0.05, 0) is 17.9 Å². The lowest BCUT2D eigenvalue weighted by atomic mass is 10.1. The second-order valence-corrected chi connectivity index (χ2v) is 5.50. The molecule has 0 bridgehead atoms. The van der Waals surface area contributed by atoms with E-state index in [1.807, 2.05) is 18.2 Å². The van der Waals surface area contributed by atoms with Gasteiger partial charge >= 0.3 is 0 Å². The Kier molecular flexibility index (Phi) is 10.9. The van der Waals surface area contributed by atoms with E-state index in [1.54, 1.807) is 0 Å². The van der Waals surface area contributed by atoms with Gasteiger partial charge < -0.3 is 11.1 Å². The van der Waals surface area contributed by atoms with Crippen molar-refractivity contribution in [3.8, 4) is 0 Å². The molecular formula is C16H28ClN3O. The summed E-state index contributed by atoms with van der Waals surface area (Å²) in [4.78, 5) is 14.0. The largest absolute Gasteiger partial charge is 0.355 e. The Morgan fingerprint density at radius 1 is 1.24 bits per heavy atom. The molecule has 21 heavy (non-hydrogen) atoms. The van der Waals surface area contributed by atoms with Gasteiger partial charge in [0, 0.05) is 26.2 Å². The monoisotopic (exact) mass is 313 g/mol. The summed E-state index contributed by atoms with van der Waals surface area (Å²) < 4.78 is 0. The molecule has 4 nitrogen and oxygen atoms in total. The van der Waals surface area contributed by atoms with Crippen molar-refractivity contribution >= 4 is 18.3 Å². The first-order valence-electron chi connectivity index (χ1n) is 7.35. The summed E-state index contributed by atoms with van der Waals surface area (Å²) in [5.41, 5.74) is 6.91. The molecule has 1 rings (SSSR count). The molecule has 0 spiro atoms. The number of nitrogens with one attached hydrogen (secondary N) is 1. The molecule has 0 aliphatic rings. The molecule has 0 atom stereocenters. The SMILES string of the molecule is CC(C)CNC(=O)CN(CCN)CCc1ccccc1.Cl. The van der Waals surface area contributed by atoms with Crippen molar-refractivity contribution in [3.05, 3.63) is 35.9 Å². The number of carbonyl (C=O) groups excluding carboxylic acids is 1. The Balaban J connectivity index is 0.00000400. The van der Waals surface area contributed by atoms with Gasteiger partial charge in [0.1, 0.15) is 0 Å². The number of hydrogen-bond donors (Lipinski definition) is 2. The van der Waals surface area contributed by atoms with Crippen LogP contribution < -0.4 is 11.1 Å². The molecule has 0 aliphatic carbocycles. The van der Waals surface area contributed by atoms with E-state index in [0.717, 1.165) is 26.1 Å². The molecule has 1 aromatic carbocycles. The van der Waals surface area contributed by atoms with Gasteiger partial charge in [0.05, 0.1) is 6.54 Å². The number of rotatable bonds is 9. The average Bonchev–Trinajstić information content (AvgIpc) is 2.44. The molecule has 120 valence electrons. The smallest absolute Gasteiger partial charge is 0.234 e. The quantitative estimate of drug-likeness (QED) is 0.729. The van der Waals surface area contributed by atoms with Crippen molar-refractivity contribution in [1.82, 2.24) is 10.2 Å². The second-order valence-electron chi connectivity index (χ2n) is 5.50. The van der Waals surface area contributed by atoms with Crippen LogP contribution in [0.1, 0.15) is 19.4 Å². The predicted octanol–water partition coefficient (Wildman–Crippen LogP) is 1.68. The molecule has 0 aliphatic heterocycles. The van der Waals surface area contributed by atoms with Crippen LogP contribution in [0.5, 0.6) is 0 Å². The summed E-state index contributed by atoms with van der Waals surface area (Å²) in [6, 6.07) is 10.3. The Labute approximate surface area is 134 Å². The average molecular weight is 314 g/mol. The normalized spacial score (nSPS) is 10.5. The van der Waals surface area contributed by atoms with Crippen LogP contribution in [0.25, 0.3) is 0 Å². The number of benzene rings is 1. The maximum Gasteiger partial charge on any atom is 0.234 e. The number of hydrogen-bond acceptors (Lipinski definition) is 3. The van der Waals surface area contributed by atoms with Gasteiger partial charge in [-0.15, -0.1) is 12.4 Å². The highest BCUT2D eigenvalue weighted by molar-refractivity contribution is 5.85. The number of nitrogens with two attached hydrogens (primary N) is 1. The maximum absolute atomic E-state index is 11.9. The summed E-state index contributed by atoms with van der Waals surface area (Å²) in [6.45, 7) is 7.52. The van der Waals surface area contributed by atoms with E-state index in [2.05, 4.69) is 36.2 Å². The van der Waals surface area contributed by atoms with Crippen LogP contribution in [-0.2, 0) is 11.2 Å². The van der Waals surface area contributed by atoms with Gasteiger partial charge in [-0.1, -0.05) is 44.2 Å². The van der Waals surface area contributed by atoms with E-state index in [1.165, 1.54) is 5.56 Å². The standard InChI is InChI=1S/C16H27N3O.ClH/c1-14(2)12-18-16(20)13-19(11-9-17)10-8-15-6-4-3-5-7-15;/h3-7,14H,8-13,17H2,1-2H3,(H,18,20);1H. The van der Waals surface area contributed by atoms with Crippen molar-refractivity contribution < 1.29 is 4.79 Å². The molecule has 0 radical (unpaired) electrons. The van der Waals surface area contributed by atoms with Crippen LogP contribution in [0.2, 0.25) is 0 Å².